The smallest absolute Gasteiger partial charge is 0.266 e. The predicted octanol–water partition coefficient (Wildman–Crippen LogP) is 4.49. The second-order valence-corrected chi connectivity index (χ2v) is 8.01. The van der Waals surface area contributed by atoms with Gasteiger partial charge in [0, 0.05) is 0 Å². The number of hydrogen-bond donors (Lipinski definition) is 0. The van der Waals surface area contributed by atoms with Gasteiger partial charge in [0.15, 0.2) is 6.10 Å². The van der Waals surface area contributed by atoms with Crippen molar-refractivity contribution in [3.05, 3.63) is 95.3 Å². The van der Waals surface area contributed by atoms with Gasteiger partial charge in [0.25, 0.3) is 5.91 Å². The number of amides is 2. The fraction of sp³-hybridized carbons (Fsp3) is 0.200. The molecular weight excluding hydrogens is 395 g/mol. The first-order chi connectivity index (χ1) is 15.0. The lowest BCUT2D eigenvalue weighted by atomic mass is 9.90. The van der Waals surface area contributed by atoms with E-state index in [0.717, 1.165) is 16.8 Å². The summed E-state index contributed by atoms with van der Waals surface area (Å²) < 4.78 is 13.6. The molecule has 156 valence electrons. The number of hydroxylamine groups is 1. The lowest BCUT2D eigenvalue weighted by molar-refractivity contribution is -0.126. The van der Waals surface area contributed by atoms with Crippen molar-refractivity contribution in [2.24, 2.45) is 5.92 Å². The van der Waals surface area contributed by atoms with E-state index in [9.17, 15) is 14.0 Å². The highest BCUT2D eigenvalue weighted by molar-refractivity contribution is 6.24. The Hall–Kier alpha value is -3.51. The van der Waals surface area contributed by atoms with Gasteiger partial charge in [-0.2, -0.15) is 0 Å². The summed E-state index contributed by atoms with van der Waals surface area (Å²) in [6.45, 7) is 3.84. The number of aryl methyl sites for hydroxylation is 2. The predicted molar refractivity (Wildman–Crippen MR) is 115 cm³/mol. The summed E-state index contributed by atoms with van der Waals surface area (Å²) in [4.78, 5) is 34.3. The molecule has 3 atom stereocenters. The first kappa shape index (κ1) is 19.5. The molecule has 0 N–H and O–H groups in total. The Morgan fingerprint density at radius 2 is 1.58 bits per heavy atom. The molecule has 2 aliphatic rings. The molecule has 2 saturated heterocycles. The number of hydrogen-bond acceptors (Lipinski definition) is 4. The number of fused-ring (bicyclic) bond motifs is 1. The van der Waals surface area contributed by atoms with Crippen LogP contribution in [0.4, 0.5) is 15.8 Å². The summed E-state index contributed by atoms with van der Waals surface area (Å²) in [5.41, 5.74) is 3.91. The molecule has 2 aliphatic heterocycles. The highest BCUT2D eigenvalue weighted by Crippen LogP contribution is 2.47. The zero-order chi connectivity index (χ0) is 21.7. The van der Waals surface area contributed by atoms with Gasteiger partial charge < -0.3 is 0 Å². The summed E-state index contributed by atoms with van der Waals surface area (Å²) in [7, 11) is 0. The van der Waals surface area contributed by atoms with E-state index in [1.54, 1.807) is 23.3 Å². The van der Waals surface area contributed by atoms with Crippen LogP contribution in [0.5, 0.6) is 0 Å². The maximum Gasteiger partial charge on any atom is 0.266 e. The van der Waals surface area contributed by atoms with Crippen LogP contribution in [0, 0.1) is 25.6 Å². The van der Waals surface area contributed by atoms with Crippen LogP contribution < -0.4 is 9.96 Å². The van der Waals surface area contributed by atoms with Crippen LogP contribution >= 0.6 is 0 Å². The third kappa shape index (κ3) is 3.11. The van der Waals surface area contributed by atoms with Crippen molar-refractivity contribution >= 4 is 23.2 Å². The van der Waals surface area contributed by atoms with Gasteiger partial charge in [-0.05, 0) is 55.3 Å². The van der Waals surface area contributed by atoms with Crippen LogP contribution in [0.25, 0.3) is 0 Å². The topological polar surface area (TPSA) is 49.9 Å². The van der Waals surface area contributed by atoms with E-state index in [2.05, 4.69) is 0 Å². The molecule has 2 amide bonds. The van der Waals surface area contributed by atoms with Crippen LogP contribution in [0.15, 0.2) is 72.8 Å². The van der Waals surface area contributed by atoms with Crippen LogP contribution in [-0.4, -0.2) is 17.9 Å². The molecule has 0 saturated carbocycles. The first-order valence-electron chi connectivity index (χ1n) is 10.2. The molecule has 5 rings (SSSR count). The van der Waals surface area contributed by atoms with E-state index in [0.29, 0.717) is 11.3 Å². The lowest BCUT2D eigenvalue weighted by Gasteiger charge is -2.29. The van der Waals surface area contributed by atoms with Crippen molar-refractivity contribution < 1.29 is 18.8 Å². The molecule has 0 unspecified atom stereocenters. The average Bonchev–Trinajstić information content (AvgIpc) is 3.26. The zero-order valence-electron chi connectivity index (χ0n) is 17.2. The molecule has 0 aliphatic carbocycles. The number of carbonyl (C=O) groups excluding carboxylic acids is 2. The Balaban J connectivity index is 1.59. The SMILES string of the molecule is Cc1ccc(N2C(=O)[C@H]3[C@H](ON(c4ccccc4)[C@H]3c3ccc(F)cc3)C2=O)c(C)c1. The molecule has 6 heteroatoms. The third-order valence-electron chi connectivity index (χ3n) is 5.93. The largest absolute Gasteiger partial charge is 0.273 e. The third-order valence-corrected chi connectivity index (χ3v) is 5.93. The number of nitrogens with zero attached hydrogens (tertiary/aromatic N) is 2. The van der Waals surface area contributed by atoms with E-state index in [-0.39, 0.29) is 17.6 Å². The highest BCUT2D eigenvalue weighted by Gasteiger charge is 2.60. The minimum Gasteiger partial charge on any atom is -0.273 e. The van der Waals surface area contributed by atoms with Crippen molar-refractivity contribution in [2.45, 2.75) is 26.0 Å². The van der Waals surface area contributed by atoms with Gasteiger partial charge in [-0.3, -0.25) is 14.4 Å². The number of benzene rings is 3. The van der Waals surface area contributed by atoms with E-state index in [1.165, 1.54) is 17.0 Å². The van der Waals surface area contributed by atoms with Gasteiger partial charge >= 0.3 is 0 Å². The van der Waals surface area contributed by atoms with Crippen molar-refractivity contribution in [3.8, 4) is 0 Å². The highest BCUT2D eigenvalue weighted by atomic mass is 19.1. The summed E-state index contributed by atoms with van der Waals surface area (Å²) in [6.07, 6.45) is -0.941. The number of anilines is 2. The minimum absolute atomic E-state index is 0.310. The Morgan fingerprint density at radius 3 is 2.26 bits per heavy atom. The summed E-state index contributed by atoms with van der Waals surface area (Å²) in [5, 5.41) is 1.61. The van der Waals surface area contributed by atoms with Gasteiger partial charge in [-0.1, -0.05) is 48.0 Å². The van der Waals surface area contributed by atoms with Crippen LogP contribution in [0.1, 0.15) is 22.7 Å². The molecule has 31 heavy (non-hydrogen) atoms. The Labute approximate surface area is 179 Å². The van der Waals surface area contributed by atoms with Gasteiger partial charge in [0.2, 0.25) is 5.91 Å². The molecule has 2 fully saturated rings. The standard InChI is InChI=1S/C25H21FN2O3/c1-15-8-13-20(16(2)14-15)27-24(29)21-22(17-9-11-18(26)12-10-17)28(31-23(21)25(27)30)19-6-4-3-5-7-19/h3-14,21-23H,1-2H3/t21-,22+,23+/m1/s1. The number of para-hydroxylation sites is 1. The zero-order valence-corrected chi connectivity index (χ0v) is 17.2. The maximum absolute atomic E-state index is 13.6. The first-order valence-corrected chi connectivity index (χ1v) is 10.2. The van der Waals surface area contributed by atoms with Crippen molar-refractivity contribution in [1.82, 2.24) is 0 Å². The van der Waals surface area contributed by atoms with E-state index >= 15 is 0 Å². The lowest BCUT2D eigenvalue weighted by Crippen LogP contribution is -2.37. The van der Waals surface area contributed by atoms with Gasteiger partial charge in [-0.25, -0.2) is 14.4 Å². The summed E-state index contributed by atoms with van der Waals surface area (Å²) in [6, 6.07) is 20.4. The Kier molecular flexibility index (Phi) is 4.59. The molecule has 2 heterocycles. The minimum atomic E-state index is -0.941. The van der Waals surface area contributed by atoms with E-state index in [1.807, 2.05) is 56.3 Å². The average molecular weight is 416 g/mol. The Bertz CT molecular complexity index is 1160. The van der Waals surface area contributed by atoms with Crippen molar-refractivity contribution in [1.29, 1.82) is 0 Å². The molecule has 3 aromatic carbocycles. The molecule has 0 bridgehead atoms. The number of rotatable bonds is 3. The molecule has 5 nitrogen and oxygen atoms in total. The maximum atomic E-state index is 13.6. The fourth-order valence-corrected chi connectivity index (χ4v) is 4.51. The van der Waals surface area contributed by atoms with Crippen LogP contribution in [0.2, 0.25) is 0 Å². The van der Waals surface area contributed by atoms with E-state index < -0.39 is 18.1 Å². The van der Waals surface area contributed by atoms with E-state index in [4.69, 9.17) is 4.84 Å². The van der Waals surface area contributed by atoms with Crippen LogP contribution in [-0.2, 0) is 14.4 Å². The number of imide groups is 1. The number of halogens is 1. The molecule has 0 aromatic heterocycles. The molecular formula is C25H21FN2O3. The quantitative estimate of drug-likeness (QED) is 0.590. The van der Waals surface area contributed by atoms with Gasteiger partial charge in [-0.15, -0.1) is 0 Å². The normalized spacial score (nSPS) is 22.9. The van der Waals surface area contributed by atoms with Crippen molar-refractivity contribution in [3.63, 3.8) is 0 Å². The molecule has 0 radical (unpaired) electrons. The summed E-state index contributed by atoms with van der Waals surface area (Å²) >= 11 is 0. The number of carbonyl (C=O) groups is 2. The Morgan fingerprint density at radius 1 is 0.871 bits per heavy atom. The van der Waals surface area contributed by atoms with Gasteiger partial charge in [0.1, 0.15) is 11.7 Å². The molecule has 3 aromatic rings. The summed E-state index contributed by atoms with van der Waals surface area (Å²) in [5.74, 6) is -1.79. The fourth-order valence-electron chi connectivity index (χ4n) is 4.51. The van der Waals surface area contributed by atoms with Gasteiger partial charge in [0.05, 0.1) is 17.4 Å². The molecule has 0 spiro atoms. The second-order valence-electron chi connectivity index (χ2n) is 8.01. The van der Waals surface area contributed by atoms with Crippen LogP contribution in [0.3, 0.4) is 0 Å². The monoisotopic (exact) mass is 416 g/mol. The van der Waals surface area contributed by atoms with Crippen molar-refractivity contribution in [2.75, 3.05) is 9.96 Å². The second kappa shape index (κ2) is 7.32.